The van der Waals surface area contributed by atoms with Gasteiger partial charge in [-0.25, -0.2) is 4.79 Å². The van der Waals surface area contributed by atoms with Gasteiger partial charge in [-0.05, 0) is 18.2 Å². The first-order valence-corrected chi connectivity index (χ1v) is 5.13. The number of carboxylic acids is 1. The van der Waals surface area contributed by atoms with E-state index in [9.17, 15) is 9.59 Å². The van der Waals surface area contributed by atoms with Gasteiger partial charge < -0.3 is 19.3 Å². The summed E-state index contributed by atoms with van der Waals surface area (Å²) in [5, 5.41) is 8.40. The van der Waals surface area contributed by atoms with Gasteiger partial charge in [-0.3, -0.25) is 4.79 Å². The molecular weight excluding hydrogens is 240 g/mol. The molecule has 6 nitrogen and oxygen atoms in total. The van der Waals surface area contributed by atoms with E-state index in [1.54, 1.807) is 12.1 Å². The molecule has 0 heterocycles. The first-order valence-electron chi connectivity index (χ1n) is 5.13. The summed E-state index contributed by atoms with van der Waals surface area (Å²) in [5.41, 5.74) is 0.294. The summed E-state index contributed by atoms with van der Waals surface area (Å²) in [6.07, 6.45) is 0. The van der Waals surface area contributed by atoms with Crippen molar-refractivity contribution in [1.29, 1.82) is 0 Å². The van der Waals surface area contributed by atoms with Gasteiger partial charge in [-0.2, -0.15) is 0 Å². The number of benzene rings is 1. The SMILES string of the molecule is COc1ccc(OC)c(C(=O)COCC(=O)O)c1. The molecule has 0 amide bonds. The topological polar surface area (TPSA) is 82.1 Å². The standard InChI is InChI=1S/C12H14O6/c1-16-8-3-4-11(17-2)9(5-8)10(13)6-18-7-12(14)15/h3-5H,6-7H2,1-2H3,(H,14,15). The minimum atomic E-state index is -1.12. The Labute approximate surface area is 104 Å². The summed E-state index contributed by atoms with van der Waals surface area (Å²) >= 11 is 0. The number of methoxy groups -OCH3 is 2. The molecule has 0 aromatic heterocycles. The lowest BCUT2D eigenvalue weighted by Gasteiger charge is -2.09. The van der Waals surface area contributed by atoms with E-state index in [4.69, 9.17) is 19.3 Å². The lowest BCUT2D eigenvalue weighted by Crippen LogP contribution is -2.15. The maximum absolute atomic E-state index is 11.8. The van der Waals surface area contributed by atoms with E-state index in [-0.39, 0.29) is 12.4 Å². The lowest BCUT2D eigenvalue weighted by molar-refractivity contribution is -0.141. The van der Waals surface area contributed by atoms with Crippen molar-refractivity contribution in [2.75, 3.05) is 27.4 Å². The predicted octanol–water partition coefficient (Wildman–Crippen LogP) is 0.988. The van der Waals surface area contributed by atoms with Gasteiger partial charge in [0.05, 0.1) is 19.8 Å². The Morgan fingerprint density at radius 2 is 1.89 bits per heavy atom. The van der Waals surface area contributed by atoms with Gasteiger partial charge in [-0.1, -0.05) is 0 Å². The molecule has 0 aliphatic rings. The van der Waals surface area contributed by atoms with Crippen LogP contribution in [0.3, 0.4) is 0 Å². The van der Waals surface area contributed by atoms with E-state index in [1.807, 2.05) is 0 Å². The summed E-state index contributed by atoms with van der Waals surface area (Å²) in [6.45, 7) is -0.839. The van der Waals surface area contributed by atoms with E-state index in [0.717, 1.165) is 0 Å². The van der Waals surface area contributed by atoms with Gasteiger partial charge in [-0.15, -0.1) is 0 Å². The number of rotatable bonds is 7. The predicted molar refractivity (Wildman–Crippen MR) is 62.3 cm³/mol. The van der Waals surface area contributed by atoms with Crippen LogP contribution in [0, 0.1) is 0 Å². The molecular formula is C12H14O6. The van der Waals surface area contributed by atoms with Crippen LogP contribution in [0.5, 0.6) is 11.5 Å². The summed E-state index contributed by atoms with van der Waals surface area (Å²) < 4.78 is 14.8. The molecule has 6 heteroatoms. The van der Waals surface area contributed by atoms with Crippen LogP contribution in [0.4, 0.5) is 0 Å². The Morgan fingerprint density at radius 1 is 1.17 bits per heavy atom. The van der Waals surface area contributed by atoms with Crippen LogP contribution in [0.25, 0.3) is 0 Å². The molecule has 1 rings (SSSR count). The Morgan fingerprint density at radius 3 is 2.44 bits per heavy atom. The molecule has 18 heavy (non-hydrogen) atoms. The van der Waals surface area contributed by atoms with Gasteiger partial charge in [0.25, 0.3) is 0 Å². The normalized spacial score (nSPS) is 9.89. The minimum absolute atomic E-state index is 0.294. The highest BCUT2D eigenvalue weighted by Gasteiger charge is 2.14. The van der Waals surface area contributed by atoms with Crippen molar-refractivity contribution in [2.45, 2.75) is 0 Å². The quantitative estimate of drug-likeness (QED) is 0.730. The summed E-state index contributed by atoms with van der Waals surface area (Å²) in [4.78, 5) is 22.1. The summed E-state index contributed by atoms with van der Waals surface area (Å²) in [6, 6.07) is 4.78. The van der Waals surface area contributed by atoms with Gasteiger partial charge >= 0.3 is 5.97 Å². The highest BCUT2D eigenvalue weighted by Crippen LogP contribution is 2.24. The number of Topliss-reactive ketones (excluding diaryl/α,β-unsaturated/α-hetero) is 1. The molecule has 0 bridgehead atoms. The summed E-state index contributed by atoms with van der Waals surface area (Å²) in [5.74, 6) is -0.593. The zero-order valence-electron chi connectivity index (χ0n) is 10.1. The molecule has 0 saturated heterocycles. The first-order chi connectivity index (χ1) is 8.58. The monoisotopic (exact) mass is 254 g/mol. The second-order valence-electron chi connectivity index (χ2n) is 3.38. The largest absolute Gasteiger partial charge is 0.497 e. The van der Waals surface area contributed by atoms with Crippen LogP contribution in [-0.2, 0) is 9.53 Å². The third-order valence-corrected chi connectivity index (χ3v) is 2.17. The number of ether oxygens (including phenoxy) is 3. The highest BCUT2D eigenvalue weighted by atomic mass is 16.5. The van der Waals surface area contributed by atoms with Crippen LogP contribution in [0.15, 0.2) is 18.2 Å². The molecule has 0 aliphatic carbocycles. The van der Waals surface area contributed by atoms with Gasteiger partial charge in [0.15, 0.2) is 5.78 Å². The van der Waals surface area contributed by atoms with Crippen LogP contribution in [-0.4, -0.2) is 44.3 Å². The zero-order chi connectivity index (χ0) is 13.5. The molecule has 1 aromatic rings. The average Bonchev–Trinajstić information content (AvgIpc) is 2.37. The number of carbonyl (C=O) groups excluding carboxylic acids is 1. The highest BCUT2D eigenvalue weighted by molar-refractivity contribution is 6.00. The average molecular weight is 254 g/mol. The third-order valence-electron chi connectivity index (χ3n) is 2.17. The van der Waals surface area contributed by atoms with Crippen LogP contribution >= 0.6 is 0 Å². The second kappa shape index (κ2) is 6.61. The Kier molecular flexibility index (Phi) is 5.13. The number of ketones is 1. The van der Waals surface area contributed by atoms with E-state index in [2.05, 4.69) is 0 Å². The van der Waals surface area contributed by atoms with Crippen LogP contribution in [0.1, 0.15) is 10.4 Å². The Hall–Kier alpha value is -2.08. The zero-order valence-corrected chi connectivity index (χ0v) is 10.1. The molecule has 0 unspecified atom stereocenters. The molecule has 1 aromatic carbocycles. The molecule has 0 fully saturated rings. The second-order valence-corrected chi connectivity index (χ2v) is 3.38. The van der Waals surface area contributed by atoms with Crippen molar-refractivity contribution >= 4 is 11.8 Å². The lowest BCUT2D eigenvalue weighted by atomic mass is 10.1. The summed E-state index contributed by atoms with van der Waals surface area (Å²) in [7, 11) is 2.92. The smallest absolute Gasteiger partial charge is 0.329 e. The number of hydrogen-bond donors (Lipinski definition) is 1. The molecule has 0 saturated carbocycles. The maximum atomic E-state index is 11.8. The van der Waals surface area contributed by atoms with Gasteiger partial charge in [0.1, 0.15) is 24.7 Å². The van der Waals surface area contributed by atoms with Gasteiger partial charge in [0.2, 0.25) is 0 Å². The fraction of sp³-hybridized carbons (Fsp3) is 0.333. The van der Waals surface area contributed by atoms with E-state index in [1.165, 1.54) is 20.3 Å². The minimum Gasteiger partial charge on any atom is -0.497 e. The molecule has 0 spiro atoms. The van der Waals surface area contributed by atoms with Crippen molar-refractivity contribution < 1.29 is 28.9 Å². The fourth-order valence-corrected chi connectivity index (χ4v) is 1.34. The van der Waals surface area contributed by atoms with E-state index < -0.39 is 12.6 Å². The fourth-order valence-electron chi connectivity index (χ4n) is 1.34. The van der Waals surface area contributed by atoms with E-state index in [0.29, 0.717) is 17.1 Å². The molecule has 98 valence electrons. The number of carbonyl (C=O) groups is 2. The van der Waals surface area contributed by atoms with Crippen molar-refractivity contribution in [1.82, 2.24) is 0 Å². The number of hydrogen-bond acceptors (Lipinski definition) is 5. The van der Waals surface area contributed by atoms with E-state index >= 15 is 0 Å². The van der Waals surface area contributed by atoms with Crippen LogP contribution < -0.4 is 9.47 Å². The van der Waals surface area contributed by atoms with Crippen molar-refractivity contribution in [3.63, 3.8) is 0 Å². The number of aliphatic carboxylic acids is 1. The first kappa shape index (κ1) is 14.0. The Balaban J connectivity index is 2.79. The maximum Gasteiger partial charge on any atom is 0.329 e. The number of carboxylic acid groups (broad SMARTS) is 1. The van der Waals surface area contributed by atoms with Crippen LogP contribution in [0.2, 0.25) is 0 Å². The molecule has 1 N–H and O–H groups in total. The third kappa shape index (κ3) is 3.74. The molecule has 0 atom stereocenters. The molecule has 0 radical (unpaired) electrons. The van der Waals surface area contributed by atoms with Crippen molar-refractivity contribution in [3.05, 3.63) is 23.8 Å². The van der Waals surface area contributed by atoms with Gasteiger partial charge in [0, 0.05) is 0 Å². The van der Waals surface area contributed by atoms with Crippen molar-refractivity contribution in [3.8, 4) is 11.5 Å². The molecule has 0 aliphatic heterocycles. The Bertz CT molecular complexity index is 440. The van der Waals surface area contributed by atoms with Crippen molar-refractivity contribution in [2.24, 2.45) is 0 Å².